The van der Waals surface area contributed by atoms with Gasteiger partial charge in [-0.3, -0.25) is 4.79 Å². The van der Waals surface area contributed by atoms with Crippen LogP contribution in [0.4, 0.5) is 10.5 Å². The first-order valence-corrected chi connectivity index (χ1v) is 6.77. The summed E-state index contributed by atoms with van der Waals surface area (Å²) in [6.45, 7) is 7.07. The van der Waals surface area contributed by atoms with E-state index in [9.17, 15) is 9.59 Å². The van der Waals surface area contributed by atoms with E-state index in [2.05, 4.69) is 10.6 Å². The Morgan fingerprint density at radius 1 is 1.33 bits per heavy atom. The summed E-state index contributed by atoms with van der Waals surface area (Å²) in [6.07, 6.45) is -0.504. The first-order valence-electron chi connectivity index (χ1n) is 6.77. The van der Waals surface area contributed by atoms with Gasteiger partial charge < -0.3 is 21.1 Å². The molecular formula is C15H23N3O3. The molecule has 0 aromatic heterocycles. The molecule has 1 atom stereocenters. The van der Waals surface area contributed by atoms with Crippen molar-refractivity contribution in [3.63, 3.8) is 0 Å². The minimum Gasteiger partial charge on any atom is -0.444 e. The van der Waals surface area contributed by atoms with Gasteiger partial charge in [-0.15, -0.1) is 0 Å². The van der Waals surface area contributed by atoms with Crippen LogP contribution in [0.15, 0.2) is 24.3 Å². The molecule has 6 heteroatoms. The molecule has 0 saturated heterocycles. The second-order valence-corrected chi connectivity index (χ2v) is 5.80. The SMILES string of the molecule is CC(=O)Nc1cccc([C@H](N)CNC(=O)OC(C)(C)C)c1. The van der Waals surface area contributed by atoms with Gasteiger partial charge in [-0.25, -0.2) is 4.79 Å². The maximum Gasteiger partial charge on any atom is 0.407 e. The summed E-state index contributed by atoms with van der Waals surface area (Å²) in [5.41, 5.74) is 6.97. The molecule has 1 aromatic carbocycles. The predicted octanol–water partition coefficient (Wildman–Crippen LogP) is 2.17. The lowest BCUT2D eigenvalue weighted by Crippen LogP contribution is -2.36. The summed E-state index contributed by atoms with van der Waals surface area (Å²) in [5.74, 6) is -0.146. The maximum absolute atomic E-state index is 11.6. The highest BCUT2D eigenvalue weighted by molar-refractivity contribution is 5.88. The quantitative estimate of drug-likeness (QED) is 0.793. The minimum atomic E-state index is -0.542. The average Bonchev–Trinajstić information content (AvgIpc) is 2.33. The van der Waals surface area contributed by atoms with Gasteiger partial charge in [-0.05, 0) is 38.5 Å². The zero-order valence-electron chi connectivity index (χ0n) is 12.9. The van der Waals surface area contributed by atoms with Crippen molar-refractivity contribution in [3.05, 3.63) is 29.8 Å². The number of benzene rings is 1. The fourth-order valence-corrected chi connectivity index (χ4v) is 1.68. The normalized spacial score (nSPS) is 12.4. The van der Waals surface area contributed by atoms with Crippen molar-refractivity contribution in [1.29, 1.82) is 0 Å². The Balaban J connectivity index is 2.57. The minimum absolute atomic E-state index is 0.146. The first kappa shape index (κ1) is 17.0. The number of amides is 2. The molecule has 0 unspecified atom stereocenters. The molecule has 0 radical (unpaired) electrons. The third-order valence-electron chi connectivity index (χ3n) is 2.50. The molecule has 6 nitrogen and oxygen atoms in total. The number of anilines is 1. The molecule has 0 aliphatic heterocycles. The molecule has 21 heavy (non-hydrogen) atoms. The van der Waals surface area contributed by atoms with Crippen LogP contribution in [0.1, 0.15) is 39.3 Å². The topological polar surface area (TPSA) is 93.5 Å². The molecule has 116 valence electrons. The Morgan fingerprint density at radius 2 is 2.00 bits per heavy atom. The van der Waals surface area contributed by atoms with E-state index in [0.717, 1.165) is 5.56 Å². The Morgan fingerprint density at radius 3 is 2.57 bits per heavy atom. The molecule has 1 aromatic rings. The van der Waals surface area contributed by atoms with Crippen LogP contribution in [0.2, 0.25) is 0 Å². The van der Waals surface area contributed by atoms with Crippen molar-refractivity contribution in [2.45, 2.75) is 39.3 Å². The Hall–Kier alpha value is -2.08. The van der Waals surface area contributed by atoms with Gasteiger partial charge in [0.1, 0.15) is 5.60 Å². The second-order valence-electron chi connectivity index (χ2n) is 5.80. The summed E-state index contributed by atoms with van der Waals surface area (Å²) >= 11 is 0. The zero-order chi connectivity index (χ0) is 16.0. The standard InChI is InChI=1S/C15H23N3O3/c1-10(19)18-12-7-5-6-11(8-12)13(16)9-17-14(20)21-15(2,3)4/h5-8,13H,9,16H2,1-4H3,(H,17,20)(H,18,19)/t13-/m1/s1. The molecule has 0 bridgehead atoms. The fraction of sp³-hybridized carbons (Fsp3) is 0.467. The van der Waals surface area contributed by atoms with E-state index in [1.54, 1.807) is 39.0 Å². The summed E-state index contributed by atoms with van der Waals surface area (Å²) in [7, 11) is 0. The van der Waals surface area contributed by atoms with Gasteiger partial charge in [-0.2, -0.15) is 0 Å². The number of carbonyl (C=O) groups is 2. The van der Waals surface area contributed by atoms with Gasteiger partial charge in [0.2, 0.25) is 5.91 Å². The Bertz CT molecular complexity index is 509. The Kier molecular flexibility index (Phi) is 5.72. The number of rotatable bonds is 4. The van der Waals surface area contributed by atoms with E-state index < -0.39 is 11.7 Å². The Labute approximate surface area is 125 Å². The van der Waals surface area contributed by atoms with Crippen molar-refractivity contribution in [1.82, 2.24) is 5.32 Å². The highest BCUT2D eigenvalue weighted by Gasteiger charge is 2.17. The van der Waals surface area contributed by atoms with Crippen LogP contribution in [0, 0.1) is 0 Å². The zero-order valence-corrected chi connectivity index (χ0v) is 12.9. The van der Waals surface area contributed by atoms with E-state index in [0.29, 0.717) is 5.69 Å². The molecule has 0 aliphatic carbocycles. The van der Waals surface area contributed by atoms with Crippen molar-refractivity contribution in [2.24, 2.45) is 5.73 Å². The molecule has 2 amide bonds. The van der Waals surface area contributed by atoms with Crippen molar-refractivity contribution in [3.8, 4) is 0 Å². The van der Waals surface area contributed by atoms with Crippen LogP contribution in [0.25, 0.3) is 0 Å². The van der Waals surface area contributed by atoms with Gasteiger partial charge in [0.15, 0.2) is 0 Å². The molecule has 1 rings (SSSR count). The van der Waals surface area contributed by atoms with Crippen LogP contribution in [0.3, 0.4) is 0 Å². The van der Waals surface area contributed by atoms with Crippen molar-refractivity contribution < 1.29 is 14.3 Å². The summed E-state index contributed by atoms with van der Waals surface area (Å²) in [4.78, 5) is 22.6. The molecule has 0 heterocycles. The molecular weight excluding hydrogens is 270 g/mol. The monoisotopic (exact) mass is 293 g/mol. The second kappa shape index (κ2) is 7.08. The maximum atomic E-state index is 11.6. The van der Waals surface area contributed by atoms with E-state index in [-0.39, 0.29) is 18.5 Å². The van der Waals surface area contributed by atoms with Crippen LogP contribution in [-0.4, -0.2) is 24.1 Å². The van der Waals surface area contributed by atoms with Crippen LogP contribution >= 0.6 is 0 Å². The third-order valence-corrected chi connectivity index (χ3v) is 2.50. The molecule has 0 aliphatic rings. The summed E-state index contributed by atoms with van der Waals surface area (Å²) in [6, 6.07) is 6.81. The number of hydrogen-bond donors (Lipinski definition) is 3. The molecule has 0 saturated carbocycles. The number of carbonyl (C=O) groups excluding carboxylic acids is 2. The first-order chi connectivity index (χ1) is 9.67. The molecule has 0 fully saturated rings. The lowest BCUT2D eigenvalue weighted by molar-refractivity contribution is -0.114. The average molecular weight is 293 g/mol. The number of alkyl carbamates (subject to hydrolysis) is 1. The highest BCUT2D eigenvalue weighted by Crippen LogP contribution is 2.16. The molecule has 0 spiro atoms. The van der Waals surface area contributed by atoms with Gasteiger partial charge in [0, 0.05) is 25.2 Å². The van der Waals surface area contributed by atoms with Crippen LogP contribution < -0.4 is 16.4 Å². The highest BCUT2D eigenvalue weighted by atomic mass is 16.6. The smallest absolute Gasteiger partial charge is 0.407 e. The largest absolute Gasteiger partial charge is 0.444 e. The van der Waals surface area contributed by atoms with Gasteiger partial charge >= 0.3 is 6.09 Å². The van der Waals surface area contributed by atoms with E-state index in [1.165, 1.54) is 6.92 Å². The fourth-order valence-electron chi connectivity index (χ4n) is 1.68. The third kappa shape index (κ3) is 6.76. The van der Waals surface area contributed by atoms with E-state index >= 15 is 0 Å². The van der Waals surface area contributed by atoms with E-state index in [1.807, 2.05) is 6.07 Å². The van der Waals surface area contributed by atoms with Gasteiger partial charge in [0.05, 0.1) is 0 Å². The molecule has 4 N–H and O–H groups in total. The van der Waals surface area contributed by atoms with Crippen LogP contribution in [0.5, 0.6) is 0 Å². The van der Waals surface area contributed by atoms with Gasteiger partial charge in [0.25, 0.3) is 0 Å². The van der Waals surface area contributed by atoms with Crippen molar-refractivity contribution >= 4 is 17.7 Å². The van der Waals surface area contributed by atoms with Crippen molar-refractivity contribution in [2.75, 3.05) is 11.9 Å². The number of hydrogen-bond acceptors (Lipinski definition) is 4. The predicted molar refractivity (Wildman–Crippen MR) is 81.9 cm³/mol. The van der Waals surface area contributed by atoms with E-state index in [4.69, 9.17) is 10.5 Å². The lowest BCUT2D eigenvalue weighted by Gasteiger charge is -2.21. The number of nitrogens with two attached hydrogens (primary N) is 1. The number of ether oxygens (including phenoxy) is 1. The lowest BCUT2D eigenvalue weighted by atomic mass is 10.1. The van der Waals surface area contributed by atoms with Gasteiger partial charge in [-0.1, -0.05) is 12.1 Å². The summed E-state index contributed by atoms with van der Waals surface area (Å²) in [5, 5.41) is 5.31. The van der Waals surface area contributed by atoms with Crippen LogP contribution in [-0.2, 0) is 9.53 Å². The number of nitrogens with one attached hydrogen (secondary N) is 2. The summed E-state index contributed by atoms with van der Waals surface area (Å²) < 4.78 is 5.14.